The summed E-state index contributed by atoms with van der Waals surface area (Å²) in [5.41, 5.74) is 1.47. The number of rotatable bonds is 6. The molecule has 1 atom stereocenters. The van der Waals surface area contributed by atoms with Gasteiger partial charge in [-0.3, -0.25) is 14.4 Å². The van der Waals surface area contributed by atoms with Crippen LogP contribution in [-0.2, 0) is 9.59 Å². The third-order valence-corrected chi connectivity index (χ3v) is 2.81. The number of nitrogens with one attached hydrogen (secondary N) is 3. The molecule has 3 N–H and O–H groups in total. The van der Waals surface area contributed by atoms with Gasteiger partial charge in [0.2, 0.25) is 11.8 Å². The zero-order valence-corrected chi connectivity index (χ0v) is 12.5. The predicted molar refractivity (Wildman–Crippen MR) is 79.8 cm³/mol. The molecule has 21 heavy (non-hydrogen) atoms. The summed E-state index contributed by atoms with van der Waals surface area (Å²) in [5, 5.41) is 7.64. The van der Waals surface area contributed by atoms with Crippen LogP contribution < -0.4 is 16.0 Å². The van der Waals surface area contributed by atoms with Crippen molar-refractivity contribution < 1.29 is 14.4 Å². The number of aryl methyl sites for hydroxylation is 1. The summed E-state index contributed by atoms with van der Waals surface area (Å²) in [5.74, 6) is -0.981. The Morgan fingerprint density at radius 1 is 1.19 bits per heavy atom. The van der Waals surface area contributed by atoms with E-state index in [-0.39, 0.29) is 18.4 Å². The van der Waals surface area contributed by atoms with E-state index in [0.29, 0.717) is 12.1 Å². The third-order valence-electron chi connectivity index (χ3n) is 2.81. The van der Waals surface area contributed by atoms with Gasteiger partial charge < -0.3 is 16.0 Å². The summed E-state index contributed by atoms with van der Waals surface area (Å²) in [4.78, 5) is 35.0. The average Bonchev–Trinajstić information content (AvgIpc) is 2.45. The highest BCUT2D eigenvalue weighted by Crippen LogP contribution is 2.03. The first-order valence-electron chi connectivity index (χ1n) is 6.86. The van der Waals surface area contributed by atoms with E-state index in [2.05, 4.69) is 16.0 Å². The first kappa shape index (κ1) is 16.7. The largest absolute Gasteiger partial charge is 0.355 e. The molecule has 1 aromatic rings. The number of hydrogen-bond donors (Lipinski definition) is 3. The van der Waals surface area contributed by atoms with E-state index in [1.165, 1.54) is 0 Å². The average molecular weight is 291 g/mol. The van der Waals surface area contributed by atoms with Gasteiger partial charge in [-0.05, 0) is 32.9 Å². The molecular weight excluding hydrogens is 270 g/mol. The number of carbonyl (C=O) groups is 3. The van der Waals surface area contributed by atoms with Crippen molar-refractivity contribution in [3.8, 4) is 0 Å². The normalized spacial score (nSPS) is 11.4. The van der Waals surface area contributed by atoms with E-state index in [4.69, 9.17) is 0 Å². The van der Waals surface area contributed by atoms with Crippen LogP contribution in [0.1, 0.15) is 29.8 Å². The van der Waals surface area contributed by atoms with Crippen LogP contribution in [0.3, 0.4) is 0 Å². The van der Waals surface area contributed by atoms with E-state index in [1.807, 2.05) is 13.0 Å². The molecule has 1 aromatic carbocycles. The fourth-order valence-corrected chi connectivity index (χ4v) is 1.73. The molecule has 0 heterocycles. The molecule has 3 amide bonds. The fraction of sp³-hybridized carbons (Fsp3) is 0.400. The summed E-state index contributed by atoms with van der Waals surface area (Å²) < 4.78 is 0. The van der Waals surface area contributed by atoms with Gasteiger partial charge in [0.1, 0.15) is 6.04 Å². The molecule has 0 spiro atoms. The zero-order valence-electron chi connectivity index (χ0n) is 12.5. The van der Waals surface area contributed by atoms with Crippen LogP contribution in [0.2, 0.25) is 0 Å². The first-order chi connectivity index (χ1) is 9.93. The molecule has 6 heteroatoms. The molecule has 0 saturated heterocycles. The lowest BCUT2D eigenvalue weighted by Gasteiger charge is -2.13. The molecule has 0 aliphatic rings. The Labute approximate surface area is 124 Å². The van der Waals surface area contributed by atoms with Gasteiger partial charge in [-0.2, -0.15) is 0 Å². The molecule has 0 aliphatic carbocycles. The highest BCUT2D eigenvalue weighted by Gasteiger charge is 2.15. The Bertz CT molecular complexity index is 529. The lowest BCUT2D eigenvalue weighted by Crippen LogP contribution is -2.47. The van der Waals surface area contributed by atoms with Crippen LogP contribution in [0.25, 0.3) is 0 Å². The van der Waals surface area contributed by atoms with Gasteiger partial charge in [-0.25, -0.2) is 0 Å². The van der Waals surface area contributed by atoms with Gasteiger partial charge in [0.25, 0.3) is 5.91 Å². The molecule has 1 rings (SSSR count). The molecule has 114 valence electrons. The Balaban J connectivity index is 2.42. The van der Waals surface area contributed by atoms with E-state index in [0.717, 1.165) is 5.56 Å². The van der Waals surface area contributed by atoms with E-state index in [1.54, 1.807) is 32.0 Å². The van der Waals surface area contributed by atoms with Crippen molar-refractivity contribution in [2.75, 3.05) is 13.1 Å². The van der Waals surface area contributed by atoms with Gasteiger partial charge in [0.05, 0.1) is 6.54 Å². The Hall–Kier alpha value is -2.37. The van der Waals surface area contributed by atoms with Gasteiger partial charge in [0.15, 0.2) is 0 Å². The standard InChI is InChI=1S/C15H21N3O3/c1-4-16-14(20)11(3)18-13(19)9-17-15(21)12-7-5-6-10(2)8-12/h5-8,11H,4,9H2,1-3H3,(H,16,20)(H,17,21)(H,18,19)/t11-/m1/s1. The molecule has 0 fully saturated rings. The van der Waals surface area contributed by atoms with E-state index >= 15 is 0 Å². The molecular formula is C15H21N3O3. The lowest BCUT2D eigenvalue weighted by molar-refractivity contribution is -0.128. The van der Waals surface area contributed by atoms with Crippen LogP contribution in [0.4, 0.5) is 0 Å². The molecule has 0 saturated carbocycles. The smallest absolute Gasteiger partial charge is 0.251 e. The molecule has 6 nitrogen and oxygen atoms in total. The minimum absolute atomic E-state index is 0.170. The van der Waals surface area contributed by atoms with Crippen molar-refractivity contribution in [1.82, 2.24) is 16.0 Å². The van der Waals surface area contributed by atoms with Crippen molar-refractivity contribution in [2.45, 2.75) is 26.8 Å². The zero-order chi connectivity index (χ0) is 15.8. The number of hydrogen-bond acceptors (Lipinski definition) is 3. The van der Waals surface area contributed by atoms with Crippen molar-refractivity contribution in [1.29, 1.82) is 0 Å². The molecule has 0 radical (unpaired) electrons. The molecule has 0 unspecified atom stereocenters. The second kappa shape index (κ2) is 8.04. The Morgan fingerprint density at radius 2 is 1.90 bits per heavy atom. The maximum absolute atomic E-state index is 11.9. The van der Waals surface area contributed by atoms with E-state index in [9.17, 15) is 14.4 Å². The Kier molecular flexibility index (Phi) is 6.39. The van der Waals surface area contributed by atoms with Gasteiger partial charge in [0, 0.05) is 12.1 Å². The van der Waals surface area contributed by atoms with Gasteiger partial charge in [-0.15, -0.1) is 0 Å². The summed E-state index contributed by atoms with van der Waals surface area (Å²) >= 11 is 0. The second-order valence-corrected chi connectivity index (χ2v) is 4.74. The fourth-order valence-electron chi connectivity index (χ4n) is 1.73. The predicted octanol–water partition coefficient (Wildman–Crippen LogP) is 0.366. The third kappa shape index (κ3) is 5.64. The second-order valence-electron chi connectivity index (χ2n) is 4.74. The number of likely N-dealkylation sites (N-methyl/N-ethyl adjacent to an activating group) is 1. The number of amides is 3. The minimum atomic E-state index is -0.631. The summed E-state index contributed by atoms with van der Waals surface area (Å²) in [6, 6.07) is 6.45. The van der Waals surface area contributed by atoms with Crippen LogP contribution in [0.5, 0.6) is 0 Å². The molecule has 0 aromatic heterocycles. The quantitative estimate of drug-likeness (QED) is 0.707. The van der Waals surface area contributed by atoms with Crippen LogP contribution in [0.15, 0.2) is 24.3 Å². The Morgan fingerprint density at radius 3 is 2.52 bits per heavy atom. The van der Waals surface area contributed by atoms with Gasteiger partial charge >= 0.3 is 0 Å². The van der Waals surface area contributed by atoms with Crippen molar-refractivity contribution in [2.24, 2.45) is 0 Å². The summed E-state index contributed by atoms with van der Waals surface area (Å²) in [7, 11) is 0. The summed E-state index contributed by atoms with van der Waals surface area (Å²) in [6.45, 7) is 5.61. The highest BCUT2D eigenvalue weighted by molar-refractivity contribution is 5.97. The number of carbonyl (C=O) groups excluding carboxylic acids is 3. The van der Waals surface area contributed by atoms with Crippen LogP contribution in [0, 0.1) is 6.92 Å². The first-order valence-corrected chi connectivity index (χ1v) is 6.86. The number of benzene rings is 1. The van der Waals surface area contributed by atoms with Gasteiger partial charge in [-0.1, -0.05) is 17.7 Å². The highest BCUT2D eigenvalue weighted by atomic mass is 16.2. The van der Waals surface area contributed by atoms with Crippen molar-refractivity contribution in [3.63, 3.8) is 0 Å². The van der Waals surface area contributed by atoms with Crippen molar-refractivity contribution in [3.05, 3.63) is 35.4 Å². The SMILES string of the molecule is CCNC(=O)[C@@H](C)NC(=O)CNC(=O)c1cccc(C)c1. The van der Waals surface area contributed by atoms with Crippen LogP contribution in [-0.4, -0.2) is 36.9 Å². The van der Waals surface area contributed by atoms with E-state index < -0.39 is 11.9 Å². The maximum Gasteiger partial charge on any atom is 0.251 e. The topological polar surface area (TPSA) is 87.3 Å². The minimum Gasteiger partial charge on any atom is -0.355 e. The molecule has 0 bridgehead atoms. The summed E-state index contributed by atoms with van der Waals surface area (Å²) in [6.07, 6.45) is 0. The monoisotopic (exact) mass is 291 g/mol. The molecule has 0 aliphatic heterocycles. The van der Waals surface area contributed by atoms with Crippen LogP contribution >= 0.6 is 0 Å². The maximum atomic E-state index is 11.9. The van der Waals surface area contributed by atoms with Crippen molar-refractivity contribution >= 4 is 17.7 Å². The lowest BCUT2D eigenvalue weighted by atomic mass is 10.1.